The third-order valence-corrected chi connectivity index (χ3v) is 3.39. The van der Waals surface area contributed by atoms with Gasteiger partial charge in [0, 0.05) is 11.5 Å². The van der Waals surface area contributed by atoms with Crippen LogP contribution in [0.15, 0.2) is 17.1 Å². The second kappa shape index (κ2) is 2.62. The van der Waals surface area contributed by atoms with Crippen LogP contribution in [0, 0.1) is 0 Å². The summed E-state index contributed by atoms with van der Waals surface area (Å²) >= 11 is 0. The normalized spacial score (nSPS) is 11.5. The zero-order valence-corrected chi connectivity index (χ0v) is 8.01. The maximum absolute atomic E-state index is 10.8. The van der Waals surface area contributed by atoms with Gasteiger partial charge in [-0.3, -0.25) is 0 Å². The molecule has 0 bridgehead atoms. The Bertz CT molecular complexity index is 300. The fraction of sp³-hybridized carbons (Fsp3) is 0.429. The molecule has 0 aliphatic heterocycles. The first-order valence-electron chi connectivity index (χ1n) is 3.56. The van der Waals surface area contributed by atoms with Crippen LogP contribution in [0.5, 0.6) is 0 Å². The highest BCUT2D eigenvalue weighted by Crippen LogP contribution is 1.96. The number of nitrogens with one attached hydrogen (secondary N) is 1. The first-order chi connectivity index (χ1) is 5.00. The van der Waals surface area contributed by atoms with Crippen molar-refractivity contribution in [2.45, 2.75) is 19.6 Å². The molecule has 0 aromatic carbocycles. The van der Waals surface area contributed by atoms with Gasteiger partial charge in [-0.05, 0) is 6.07 Å². The van der Waals surface area contributed by atoms with Crippen molar-refractivity contribution < 1.29 is 0 Å². The fourth-order valence-electron chi connectivity index (χ4n) is 0.806. The minimum Gasteiger partial charge on any atom is -0.314 e. The minimum atomic E-state index is -1.36. The van der Waals surface area contributed by atoms with E-state index in [1.165, 1.54) is 0 Å². The molecule has 0 unspecified atom stereocenters. The van der Waals surface area contributed by atoms with Crippen molar-refractivity contribution in [2.75, 3.05) is 0 Å². The van der Waals surface area contributed by atoms with Crippen LogP contribution in [-0.2, 0) is 0 Å². The summed E-state index contributed by atoms with van der Waals surface area (Å²) in [5.41, 5.74) is -0.245. The molecule has 0 radical (unpaired) electrons. The van der Waals surface area contributed by atoms with Crippen molar-refractivity contribution >= 4 is 13.4 Å². The average molecular weight is 168 g/mol. The van der Waals surface area contributed by atoms with Gasteiger partial charge in [-0.15, -0.1) is 0 Å². The molecule has 0 saturated heterocycles. The lowest BCUT2D eigenvalue weighted by Gasteiger charge is -2.14. The van der Waals surface area contributed by atoms with E-state index in [0.29, 0.717) is 0 Å². The fourth-order valence-corrected chi connectivity index (χ4v) is 1.86. The first kappa shape index (κ1) is 8.20. The van der Waals surface area contributed by atoms with E-state index >= 15 is 0 Å². The predicted molar refractivity (Wildman–Crippen MR) is 47.8 cm³/mol. The van der Waals surface area contributed by atoms with Crippen LogP contribution in [0.3, 0.4) is 0 Å². The molecule has 4 heteroatoms. The molecular formula is C7H12N2OSi. The van der Waals surface area contributed by atoms with Crippen molar-refractivity contribution in [3.8, 4) is 0 Å². The van der Waals surface area contributed by atoms with Crippen molar-refractivity contribution in [1.82, 2.24) is 9.97 Å². The quantitative estimate of drug-likeness (QED) is 0.614. The summed E-state index contributed by atoms with van der Waals surface area (Å²) in [6.07, 6.45) is 1.56. The molecule has 11 heavy (non-hydrogen) atoms. The first-order valence-corrected chi connectivity index (χ1v) is 7.06. The highest BCUT2D eigenvalue weighted by atomic mass is 28.3. The van der Waals surface area contributed by atoms with Gasteiger partial charge in [0.1, 0.15) is 0 Å². The summed E-state index contributed by atoms with van der Waals surface area (Å²) in [5, 5.41) is 1.05. The largest absolute Gasteiger partial charge is 0.344 e. The highest BCUT2D eigenvalue weighted by Gasteiger charge is 2.16. The summed E-state index contributed by atoms with van der Waals surface area (Å²) in [6, 6.07) is 1.88. The third kappa shape index (κ3) is 2.01. The molecule has 1 aromatic rings. The molecule has 0 aliphatic rings. The van der Waals surface area contributed by atoms with Gasteiger partial charge in [0.05, 0.1) is 8.07 Å². The lowest BCUT2D eigenvalue weighted by Crippen LogP contribution is -2.43. The van der Waals surface area contributed by atoms with Gasteiger partial charge in [-0.1, -0.05) is 19.6 Å². The summed E-state index contributed by atoms with van der Waals surface area (Å²) in [6.45, 7) is 6.54. The summed E-state index contributed by atoms with van der Waals surface area (Å²) in [7, 11) is -1.36. The molecule has 1 rings (SSSR count). The van der Waals surface area contributed by atoms with E-state index < -0.39 is 8.07 Å². The van der Waals surface area contributed by atoms with E-state index in [4.69, 9.17) is 0 Å². The van der Waals surface area contributed by atoms with Crippen LogP contribution >= 0.6 is 0 Å². The second-order valence-electron chi connectivity index (χ2n) is 3.54. The number of H-pyrrole nitrogens is 1. The molecule has 0 aliphatic carbocycles. The Labute approximate surface area is 66.5 Å². The molecule has 0 fully saturated rings. The molecular weight excluding hydrogens is 156 g/mol. The van der Waals surface area contributed by atoms with Gasteiger partial charge in [-0.25, -0.2) is 9.78 Å². The Hall–Kier alpha value is -0.903. The van der Waals surface area contributed by atoms with Gasteiger partial charge < -0.3 is 4.98 Å². The predicted octanol–water partition coefficient (Wildman–Crippen LogP) is 0.315. The average Bonchev–Trinajstić information content (AvgIpc) is 1.86. The summed E-state index contributed by atoms with van der Waals surface area (Å²) in [4.78, 5) is 17.1. The monoisotopic (exact) mass is 168 g/mol. The van der Waals surface area contributed by atoms with Crippen molar-refractivity contribution in [2.24, 2.45) is 0 Å². The zero-order valence-electron chi connectivity index (χ0n) is 7.01. The highest BCUT2D eigenvalue weighted by molar-refractivity contribution is 6.88. The SMILES string of the molecule is C[Si](C)(C)c1ccnc(=O)[nH]1. The molecule has 1 heterocycles. The zero-order chi connectivity index (χ0) is 8.48. The van der Waals surface area contributed by atoms with Crippen molar-refractivity contribution in [3.05, 3.63) is 22.7 Å². The number of nitrogens with zero attached hydrogens (tertiary/aromatic N) is 1. The summed E-state index contributed by atoms with van der Waals surface area (Å²) < 4.78 is 0. The van der Waals surface area contributed by atoms with E-state index in [9.17, 15) is 4.79 Å². The molecule has 0 saturated carbocycles. The van der Waals surface area contributed by atoms with Gasteiger partial charge in [-0.2, -0.15) is 0 Å². The lowest BCUT2D eigenvalue weighted by molar-refractivity contribution is 1.09. The topological polar surface area (TPSA) is 45.8 Å². The molecule has 1 N–H and O–H groups in total. The Balaban J connectivity index is 3.16. The van der Waals surface area contributed by atoms with Crippen molar-refractivity contribution in [1.29, 1.82) is 0 Å². The molecule has 1 aromatic heterocycles. The van der Waals surface area contributed by atoms with E-state index in [1.807, 2.05) is 6.07 Å². The van der Waals surface area contributed by atoms with E-state index in [-0.39, 0.29) is 5.69 Å². The minimum absolute atomic E-state index is 0.245. The van der Waals surface area contributed by atoms with Gasteiger partial charge in [0.25, 0.3) is 0 Å². The van der Waals surface area contributed by atoms with Crippen LogP contribution < -0.4 is 11.0 Å². The number of aromatic nitrogens is 2. The van der Waals surface area contributed by atoms with Gasteiger partial charge in [0.2, 0.25) is 0 Å². The van der Waals surface area contributed by atoms with E-state index in [2.05, 4.69) is 29.6 Å². The number of rotatable bonds is 1. The smallest absolute Gasteiger partial charge is 0.314 e. The Morgan fingerprint density at radius 3 is 2.45 bits per heavy atom. The van der Waals surface area contributed by atoms with E-state index in [1.54, 1.807) is 6.20 Å². The van der Waals surface area contributed by atoms with Crippen LogP contribution in [-0.4, -0.2) is 18.0 Å². The number of hydrogen-bond acceptors (Lipinski definition) is 2. The Kier molecular flexibility index (Phi) is 1.95. The van der Waals surface area contributed by atoms with Crippen LogP contribution in [0.1, 0.15) is 0 Å². The number of hydrogen-bond donors (Lipinski definition) is 1. The number of aromatic amines is 1. The van der Waals surface area contributed by atoms with Crippen molar-refractivity contribution in [3.63, 3.8) is 0 Å². The maximum atomic E-state index is 10.8. The third-order valence-electron chi connectivity index (χ3n) is 1.48. The van der Waals surface area contributed by atoms with Gasteiger partial charge >= 0.3 is 5.69 Å². The van der Waals surface area contributed by atoms with E-state index in [0.717, 1.165) is 5.32 Å². The Morgan fingerprint density at radius 2 is 2.09 bits per heavy atom. The summed E-state index contributed by atoms with van der Waals surface area (Å²) in [5.74, 6) is 0. The molecule has 3 nitrogen and oxygen atoms in total. The van der Waals surface area contributed by atoms with Crippen LogP contribution in [0.2, 0.25) is 19.6 Å². The Morgan fingerprint density at radius 1 is 1.45 bits per heavy atom. The molecule has 0 amide bonds. The second-order valence-corrected chi connectivity index (χ2v) is 8.58. The lowest BCUT2D eigenvalue weighted by atomic mass is 10.7. The molecule has 60 valence electrons. The molecule has 0 atom stereocenters. The molecule has 0 spiro atoms. The standard InChI is InChI=1S/C7H12N2OSi/c1-11(2,3)6-4-5-8-7(10)9-6/h4-5H,1-3H3,(H,8,9,10). The van der Waals surface area contributed by atoms with Crippen LogP contribution in [0.25, 0.3) is 0 Å². The maximum Gasteiger partial charge on any atom is 0.344 e. The van der Waals surface area contributed by atoms with Gasteiger partial charge in [0.15, 0.2) is 0 Å². The van der Waals surface area contributed by atoms with Crippen LogP contribution in [0.4, 0.5) is 0 Å².